The van der Waals surface area contributed by atoms with Gasteiger partial charge in [-0.15, -0.1) is 0 Å². The van der Waals surface area contributed by atoms with Crippen molar-refractivity contribution in [1.82, 2.24) is 15.1 Å². The molecule has 2 aliphatic rings. The molecule has 1 N–H and O–H groups in total. The van der Waals surface area contributed by atoms with E-state index >= 15 is 0 Å². The van der Waals surface area contributed by atoms with Crippen LogP contribution in [0, 0.1) is 0 Å². The summed E-state index contributed by atoms with van der Waals surface area (Å²) < 4.78 is 1.05. The number of hydrogen-bond acceptors (Lipinski definition) is 3. The Morgan fingerprint density at radius 2 is 1.85 bits per heavy atom. The molecule has 1 amide bonds. The summed E-state index contributed by atoms with van der Waals surface area (Å²) in [5, 5.41) is 3.36. The first kappa shape index (κ1) is 14.0. The average Bonchev–Trinajstić information content (AvgIpc) is 2.41. The van der Waals surface area contributed by atoms with E-state index in [0.717, 1.165) is 49.3 Å². The van der Waals surface area contributed by atoms with E-state index in [9.17, 15) is 4.79 Å². The molecule has 108 valence electrons. The lowest BCUT2D eigenvalue weighted by molar-refractivity contribution is -0.138. The Hall–Kier alpha value is -0.910. The summed E-state index contributed by atoms with van der Waals surface area (Å²) in [6, 6.07) is 8.57. The van der Waals surface area contributed by atoms with E-state index in [1.807, 2.05) is 29.2 Å². The summed E-state index contributed by atoms with van der Waals surface area (Å²) in [6.45, 7) is 6.16. The SMILES string of the molecule is O=C(Cc1ccc(Br)cc1)N1CC(N2CCNCC2)C1. The van der Waals surface area contributed by atoms with E-state index in [-0.39, 0.29) is 5.91 Å². The normalized spacial score (nSPS) is 20.8. The minimum Gasteiger partial charge on any atom is -0.339 e. The molecule has 0 atom stereocenters. The van der Waals surface area contributed by atoms with Gasteiger partial charge in [0, 0.05) is 49.8 Å². The fraction of sp³-hybridized carbons (Fsp3) is 0.533. The highest BCUT2D eigenvalue weighted by Gasteiger charge is 2.34. The van der Waals surface area contributed by atoms with Crippen molar-refractivity contribution in [3.8, 4) is 0 Å². The Morgan fingerprint density at radius 1 is 1.20 bits per heavy atom. The van der Waals surface area contributed by atoms with Gasteiger partial charge in [-0.05, 0) is 17.7 Å². The zero-order valence-corrected chi connectivity index (χ0v) is 13.1. The summed E-state index contributed by atoms with van der Waals surface area (Å²) in [7, 11) is 0. The molecular formula is C15H20BrN3O. The molecule has 0 saturated carbocycles. The van der Waals surface area contributed by atoms with Crippen LogP contribution in [0.3, 0.4) is 0 Å². The second-order valence-electron chi connectivity index (χ2n) is 5.54. The molecular weight excluding hydrogens is 318 g/mol. The number of amides is 1. The van der Waals surface area contributed by atoms with Crippen LogP contribution < -0.4 is 5.32 Å². The molecule has 0 spiro atoms. The number of rotatable bonds is 3. The van der Waals surface area contributed by atoms with E-state index < -0.39 is 0 Å². The van der Waals surface area contributed by atoms with Crippen molar-refractivity contribution in [3.05, 3.63) is 34.3 Å². The lowest BCUT2D eigenvalue weighted by Crippen LogP contribution is -2.64. The molecule has 1 aromatic rings. The molecule has 20 heavy (non-hydrogen) atoms. The highest BCUT2D eigenvalue weighted by Crippen LogP contribution is 2.18. The number of carbonyl (C=O) groups excluding carboxylic acids is 1. The number of hydrogen-bond donors (Lipinski definition) is 1. The zero-order valence-electron chi connectivity index (χ0n) is 11.5. The fourth-order valence-corrected chi connectivity index (χ4v) is 3.09. The molecule has 5 heteroatoms. The third kappa shape index (κ3) is 3.22. The van der Waals surface area contributed by atoms with Gasteiger partial charge in [0.2, 0.25) is 5.91 Å². The maximum Gasteiger partial charge on any atom is 0.227 e. The zero-order chi connectivity index (χ0) is 13.9. The standard InChI is InChI=1S/C15H20BrN3O/c16-13-3-1-12(2-4-13)9-15(20)19-10-14(11-19)18-7-5-17-6-8-18/h1-4,14,17H,5-11H2. The topological polar surface area (TPSA) is 35.6 Å². The van der Waals surface area contributed by atoms with Gasteiger partial charge >= 0.3 is 0 Å². The van der Waals surface area contributed by atoms with Gasteiger partial charge in [-0.25, -0.2) is 0 Å². The minimum atomic E-state index is 0.249. The first-order valence-electron chi connectivity index (χ1n) is 7.19. The van der Waals surface area contributed by atoms with E-state index in [1.54, 1.807) is 0 Å². The molecule has 2 heterocycles. The van der Waals surface area contributed by atoms with Gasteiger partial charge in [0.25, 0.3) is 0 Å². The van der Waals surface area contributed by atoms with Crippen LogP contribution in [0.1, 0.15) is 5.56 Å². The number of halogens is 1. The smallest absolute Gasteiger partial charge is 0.227 e. The minimum absolute atomic E-state index is 0.249. The molecule has 4 nitrogen and oxygen atoms in total. The predicted molar refractivity (Wildman–Crippen MR) is 82.7 cm³/mol. The number of benzene rings is 1. The van der Waals surface area contributed by atoms with Crippen LogP contribution in [-0.4, -0.2) is 61.0 Å². The number of likely N-dealkylation sites (tertiary alicyclic amines) is 1. The van der Waals surface area contributed by atoms with Gasteiger partial charge in [0.15, 0.2) is 0 Å². The highest BCUT2D eigenvalue weighted by atomic mass is 79.9. The summed E-state index contributed by atoms with van der Waals surface area (Å²) in [5.74, 6) is 0.249. The molecule has 1 aromatic carbocycles. The first-order chi connectivity index (χ1) is 9.72. The van der Waals surface area contributed by atoms with Crippen molar-refractivity contribution < 1.29 is 4.79 Å². The predicted octanol–water partition coefficient (Wildman–Crippen LogP) is 1.11. The average molecular weight is 338 g/mol. The molecule has 0 unspecified atom stereocenters. The van der Waals surface area contributed by atoms with Crippen LogP contribution >= 0.6 is 15.9 Å². The van der Waals surface area contributed by atoms with Gasteiger partial charge in [-0.3, -0.25) is 9.69 Å². The van der Waals surface area contributed by atoms with Crippen molar-refractivity contribution >= 4 is 21.8 Å². The Bertz CT molecular complexity index is 465. The van der Waals surface area contributed by atoms with Crippen molar-refractivity contribution in [2.45, 2.75) is 12.5 Å². The maximum atomic E-state index is 12.2. The molecule has 0 aromatic heterocycles. The highest BCUT2D eigenvalue weighted by molar-refractivity contribution is 9.10. The van der Waals surface area contributed by atoms with E-state index in [4.69, 9.17) is 0 Å². The lowest BCUT2D eigenvalue weighted by atomic mass is 10.0. The summed E-state index contributed by atoms with van der Waals surface area (Å²) in [5.41, 5.74) is 1.09. The summed E-state index contributed by atoms with van der Waals surface area (Å²) in [6.07, 6.45) is 0.515. The number of nitrogens with one attached hydrogen (secondary N) is 1. The Labute approximate surface area is 128 Å². The quantitative estimate of drug-likeness (QED) is 0.897. The van der Waals surface area contributed by atoms with Crippen LogP contribution in [0.2, 0.25) is 0 Å². The third-order valence-corrected chi connectivity index (χ3v) is 4.68. The van der Waals surface area contributed by atoms with Crippen LogP contribution in [0.5, 0.6) is 0 Å². The van der Waals surface area contributed by atoms with Crippen LogP contribution in [0.25, 0.3) is 0 Å². The van der Waals surface area contributed by atoms with Crippen molar-refractivity contribution in [1.29, 1.82) is 0 Å². The molecule has 2 fully saturated rings. The van der Waals surface area contributed by atoms with Crippen LogP contribution in [0.4, 0.5) is 0 Å². The fourth-order valence-electron chi connectivity index (χ4n) is 2.83. The van der Waals surface area contributed by atoms with Crippen molar-refractivity contribution in [2.75, 3.05) is 39.3 Å². The van der Waals surface area contributed by atoms with Gasteiger partial charge < -0.3 is 10.2 Å². The van der Waals surface area contributed by atoms with Gasteiger partial charge in [-0.2, -0.15) is 0 Å². The summed E-state index contributed by atoms with van der Waals surface area (Å²) >= 11 is 3.41. The van der Waals surface area contributed by atoms with Crippen LogP contribution in [-0.2, 0) is 11.2 Å². The molecule has 0 radical (unpaired) electrons. The van der Waals surface area contributed by atoms with Crippen molar-refractivity contribution in [3.63, 3.8) is 0 Å². The van der Waals surface area contributed by atoms with Gasteiger partial charge in [0.05, 0.1) is 6.42 Å². The molecule has 2 aliphatic heterocycles. The first-order valence-corrected chi connectivity index (χ1v) is 7.98. The van der Waals surface area contributed by atoms with Crippen LogP contribution in [0.15, 0.2) is 28.7 Å². The second kappa shape index (κ2) is 6.24. The lowest BCUT2D eigenvalue weighted by Gasteiger charge is -2.46. The van der Waals surface area contributed by atoms with Crippen molar-refractivity contribution in [2.24, 2.45) is 0 Å². The molecule has 0 bridgehead atoms. The van der Waals surface area contributed by atoms with E-state index in [2.05, 4.69) is 26.1 Å². The second-order valence-corrected chi connectivity index (χ2v) is 6.46. The van der Waals surface area contributed by atoms with Gasteiger partial charge in [-0.1, -0.05) is 28.1 Å². The largest absolute Gasteiger partial charge is 0.339 e. The monoisotopic (exact) mass is 337 g/mol. The number of nitrogens with zero attached hydrogens (tertiary/aromatic N) is 2. The molecule has 3 rings (SSSR count). The van der Waals surface area contributed by atoms with Gasteiger partial charge in [0.1, 0.15) is 0 Å². The Balaban J connectivity index is 1.47. The third-order valence-electron chi connectivity index (χ3n) is 4.15. The van der Waals surface area contributed by atoms with E-state index in [0.29, 0.717) is 12.5 Å². The Kier molecular flexibility index (Phi) is 4.38. The Morgan fingerprint density at radius 3 is 2.50 bits per heavy atom. The number of carbonyl (C=O) groups is 1. The maximum absolute atomic E-state index is 12.2. The summed E-state index contributed by atoms with van der Waals surface area (Å²) in [4.78, 5) is 16.7. The van der Waals surface area contributed by atoms with E-state index in [1.165, 1.54) is 0 Å². The molecule has 2 saturated heterocycles. The number of piperazine rings is 1. The molecule has 0 aliphatic carbocycles.